The van der Waals surface area contributed by atoms with Gasteiger partial charge in [0.1, 0.15) is 6.61 Å². The highest BCUT2D eigenvalue weighted by Gasteiger charge is 2.13. The van der Waals surface area contributed by atoms with Crippen LogP contribution in [0, 0.1) is 0 Å². The van der Waals surface area contributed by atoms with E-state index < -0.39 is 0 Å². The summed E-state index contributed by atoms with van der Waals surface area (Å²) in [5.41, 5.74) is 0. The fourth-order valence-corrected chi connectivity index (χ4v) is 1.54. The average molecular weight is 186 g/mol. The zero-order valence-corrected chi connectivity index (χ0v) is 8.14. The van der Waals surface area contributed by atoms with Crippen molar-refractivity contribution in [3.8, 4) is 0 Å². The summed E-state index contributed by atoms with van der Waals surface area (Å²) in [6, 6.07) is 0.283. The number of amides is 1. The lowest BCUT2D eigenvalue weighted by atomic mass is 10.1. The number of hydrogen-bond acceptors (Lipinski definition) is 3. The van der Waals surface area contributed by atoms with E-state index >= 15 is 0 Å². The standard InChI is InChI=1S/C9H18N2O2/c1-13-7-9(12)11-8-4-2-3-5-10-6-8/h8,10H,2-7H2,1H3,(H,11,12). The van der Waals surface area contributed by atoms with E-state index in [2.05, 4.69) is 10.6 Å². The number of carbonyl (C=O) groups is 1. The van der Waals surface area contributed by atoms with E-state index in [1.54, 1.807) is 0 Å². The third-order valence-electron chi connectivity index (χ3n) is 2.19. The minimum absolute atomic E-state index is 0.0174. The van der Waals surface area contributed by atoms with E-state index in [1.807, 2.05) is 0 Å². The van der Waals surface area contributed by atoms with E-state index in [0.29, 0.717) is 0 Å². The lowest BCUT2D eigenvalue weighted by molar-refractivity contribution is -0.125. The number of hydrogen-bond donors (Lipinski definition) is 2. The largest absolute Gasteiger partial charge is 0.375 e. The van der Waals surface area contributed by atoms with Crippen molar-refractivity contribution in [2.75, 3.05) is 26.8 Å². The van der Waals surface area contributed by atoms with Gasteiger partial charge in [-0.2, -0.15) is 0 Å². The predicted molar refractivity (Wildman–Crippen MR) is 50.5 cm³/mol. The van der Waals surface area contributed by atoms with Crippen molar-refractivity contribution in [3.63, 3.8) is 0 Å². The van der Waals surface area contributed by atoms with Crippen molar-refractivity contribution in [3.05, 3.63) is 0 Å². The van der Waals surface area contributed by atoms with Crippen LogP contribution in [0.15, 0.2) is 0 Å². The molecule has 4 heteroatoms. The smallest absolute Gasteiger partial charge is 0.246 e. The predicted octanol–water partition coefficient (Wildman–Crippen LogP) is -0.109. The molecule has 0 spiro atoms. The number of carbonyl (C=O) groups excluding carboxylic acids is 1. The average Bonchev–Trinajstić information content (AvgIpc) is 2.33. The Hall–Kier alpha value is -0.610. The first kappa shape index (κ1) is 10.5. The van der Waals surface area contributed by atoms with Gasteiger partial charge in [-0.05, 0) is 19.4 Å². The van der Waals surface area contributed by atoms with Crippen molar-refractivity contribution >= 4 is 5.91 Å². The van der Waals surface area contributed by atoms with E-state index in [-0.39, 0.29) is 18.6 Å². The molecule has 1 atom stereocenters. The fraction of sp³-hybridized carbons (Fsp3) is 0.889. The van der Waals surface area contributed by atoms with Crippen molar-refractivity contribution in [2.45, 2.75) is 25.3 Å². The normalized spacial score (nSPS) is 23.6. The molecule has 1 fully saturated rings. The first-order valence-electron chi connectivity index (χ1n) is 4.82. The Labute approximate surface area is 79.0 Å². The molecular weight excluding hydrogens is 168 g/mol. The summed E-state index contributed by atoms with van der Waals surface area (Å²) in [6.07, 6.45) is 3.46. The highest BCUT2D eigenvalue weighted by molar-refractivity contribution is 5.77. The maximum atomic E-state index is 11.2. The van der Waals surface area contributed by atoms with Crippen molar-refractivity contribution in [1.82, 2.24) is 10.6 Å². The molecule has 0 aliphatic carbocycles. The summed E-state index contributed by atoms with van der Waals surface area (Å²) in [7, 11) is 1.53. The van der Waals surface area contributed by atoms with Crippen LogP contribution in [0.25, 0.3) is 0 Å². The number of methoxy groups -OCH3 is 1. The molecule has 4 nitrogen and oxygen atoms in total. The molecule has 1 aliphatic heterocycles. The lowest BCUT2D eigenvalue weighted by Gasteiger charge is -2.15. The maximum Gasteiger partial charge on any atom is 0.246 e. The molecule has 1 rings (SSSR count). The first-order valence-corrected chi connectivity index (χ1v) is 4.82. The summed E-state index contributed by atoms with van der Waals surface area (Å²) < 4.78 is 4.74. The molecule has 0 bridgehead atoms. The van der Waals surface area contributed by atoms with Crippen molar-refractivity contribution in [2.24, 2.45) is 0 Å². The second-order valence-corrected chi connectivity index (χ2v) is 3.40. The van der Waals surface area contributed by atoms with Gasteiger partial charge in [0.05, 0.1) is 0 Å². The number of nitrogens with one attached hydrogen (secondary N) is 2. The number of rotatable bonds is 3. The van der Waals surface area contributed by atoms with Crippen LogP contribution in [0.2, 0.25) is 0 Å². The van der Waals surface area contributed by atoms with Gasteiger partial charge in [0, 0.05) is 19.7 Å². The summed E-state index contributed by atoms with van der Waals surface area (Å²) in [5, 5.41) is 6.22. The minimum Gasteiger partial charge on any atom is -0.375 e. The minimum atomic E-state index is -0.0174. The van der Waals surface area contributed by atoms with Gasteiger partial charge in [-0.15, -0.1) is 0 Å². The Balaban J connectivity index is 2.21. The molecule has 13 heavy (non-hydrogen) atoms. The molecule has 1 unspecified atom stereocenters. The van der Waals surface area contributed by atoms with E-state index in [4.69, 9.17) is 4.74 Å². The fourth-order valence-electron chi connectivity index (χ4n) is 1.54. The van der Waals surface area contributed by atoms with Gasteiger partial charge in [0.25, 0.3) is 0 Å². The molecule has 0 aromatic rings. The third-order valence-corrected chi connectivity index (χ3v) is 2.19. The summed E-state index contributed by atoms with van der Waals surface area (Å²) in [4.78, 5) is 11.2. The Morgan fingerprint density at radius 1 is 1.62 bits per heavy atom. The molecule has 1 saturated heterocycles. The molecule has 1 amide bonds. The van der Waals surface area contributed by atoms with Crippen LogP contribution >= 0.6 is 0 Å². The van der Waals surface area contributed by atoms with Gasteiger partial charge in [0.2, 0.25) is 5.91 Å². The van der Waals surface area contributed by atoms with Gasteiger partial charge in [-0.1, -0.05) is 6.42 Å². The molecule has 2 N–H and O–H groups in total. The molecule has 0 radical (unpaired) electrons. The number of ether oxygens (including phenoxy) is 1. The quantitative estimate of drug-likeness (QED) is 0.646. The second-order valence-electron chi connectivity index (χ2n) is 3.40. The monoisotopic (exact) mass is 186 g/mol. The summed E-state index contributed by atoms with van der Waals surface area (Å²) in [6.45, 7) is 2.11. The lowest BCUT2D eigenvalue weighted by Crippen LogP contribution is -2.42. The van der Waals surface area contributed by atoms with E-state index in [0.717, 1.165) is 19.5 Å². The zero-order chi connectivity index (χ0) is 9.52. The zero-order valence-electron chi connectivity index (χ0n) is 8.14. The van der Waals surface area contributed by atoms with Gasteiger partial charge in [-0.3, -0.25) is 4.79 Å². The maximum absolute atomic E-state index is 11.2. The van der Waals surface area contributed by atoms with Gasteiger partial charge in [-0.25, -0.2) is 0 Å². The first-order chi connectivity index (χ1) is 6.33. The van der Waals surface area contributed by atoms with Crippen LogP contribution < -0.4 is 10.6 Å². The molecule has 0 saturated carbocycles. The van der Waals surface area contributed by atoms with Gasteiger partial charge >= 0.3 is 0 Å². The van der Waals surface area contributed by atoms with Crippen LogP contribution in [0.1, 0.15) is 19.3 Å². The van der Waals surface area contributed by atoms with Crippen LogP contribution in [0.4, 0.5) is 0 Å². The topological polar surface area (TPSA) is 50.4 Å². The van der Waals surface area contributed by atoms with Crippen LogP contribution in [-0.2, 0) is 9.53 Å². The Morgan fingerprint density at radius 2 is 2.46 bits per heavy atom. The highest BCUT2D eigenvalue weighted by Crippen LogP contribution is 2.03. The summed E-state index contributed by atoms with van der Waals surface area (Å²) in [5.74, 6) is -0.0174. The van der Waals surface area contributed by atoms with Gasteiger partial charge in [0.15, 0.2) is 0 Å². The SMILES string of the molecule is COCC(=O)NC1CCCCNC1. The molecule has 1 heterocycles. The van der Waals surface area contributed by atoms with E-state index in [1.165, 1.54) is 20.0 Å². The van der Waals surface area contributed by atoms with Crippen LogP contribution in [-0.4, -0.2) is 38.8 Å². The van der Waals surface area contributed by atoms with E-state index in [9.17, 15) is 4.79 Å². The van der Waals surface area contributed by atoms with Crippen molar-refractivity contribution < 1.29 is 9.53 Å². The molecule has 76 valence electrons. The Morgan fingerprint density at radius 3 is 3.23 bits per heavy atom. The molecule has 0 aromatic heterocycles. The van der Waals surface area contributed by atoms with Gasteiger partial charge < -0.3 is 15.4 Å². The highest BCUT2D eigenvalue weighted by atomic mass is 16.5. The Bertz CT molecular complexity index is 154. The summed E-state index contributed by atoms with van der Waals surface area (Å²) >= 11 is 0. The third kappa shape index (κ3) is 4.24. The molecule has 0 aromatic carbocycles. The second kappa shape index (κ2) is 5.94. The van der Waals surface area contributed by atoms with Crippen LogP contribution in [0.3, 0.4) is 0 Å². The molecule has 1 aliphatic rings. The van der Waals surface area contributed by atoms with Crippen molar-refractivity contribution in [1.29, 1.82) is 0 Å². The van der Waals surface area contributed by atoms with Crippen LogP contribution in [0.5, 0.6) is 0 Å². The Kier molecular flexibility index (Phi) is 4.78. The molecular formula is C9H18N2O2.